The number of nitrogens with zero attached hydrogens (tertiary/aromatic N) is 4. The Hall–Kier alpha value is -3.02. The Balaban J connectivity index is 1.83. The van der Waals surface area contributed by atoms with E-state index in [-0.39, 0.29) is 5.82 Å². The maximum Gasteiger partial charge on any atom is 0.155 e. The summed E-state index contributed by atoms with van der Waals surface area (Å²) in [5.74, 6) is -0.242. The van der Waals surface area contributed by atoms with E-state index in [2.05, 4.69) is 26.8 Å². The zero-order valence-electron chi connectivity index (χ0n) is 14.4. The van der Waals surface area contributed by atoms with E-state index in [0.29, 0.717) is 6.04 Å². The minimum Gasteiger partial charge on any atom is -0.266 e. The van der Waals surface area contributed by atoms with Gasteiger partial charge in [0, 0.05) is 34.4 Å². The molecule has 1 aromatic carbocycles. The third-order valence-electron chi connectivity index (χ3n) is 5.20. The second-order valence-electron chi connectivity index (χ2n) is 6.85. The van der Waals surface area contributed by atoms with E-state index in [1.165, 1.54) is 17.8 Å². The molecule has 1 aliphatic rings. The monoisotopic (exact) mass is 347 g/mol. The van der Waals surface area contributed by atoms with E-state index in [1.54, 1.807) is 18.3 Å². The zero-order chi connectivity index (χ0) is 17.7. The number of benzene rings is 1. The second-order valence-corrected chi connectivity index (χ2v) is 6.85. The summed E-state index contributed by atoms with van der Waals surface area (Å²) in [6.07, 6.45) is 6.84. The van der Waals surface area contributed by atoms with E-state index < -0.39 is 0 Å². The van der Waals surface area contributed by atoms with Crippen LogP contribution < -0.4 is 0 Å². The molecule has 4 aromatic rings. The molecule has 0 spiro atoms. The van der Waals surface area contributed by atoms with Gasteiger partial charge in [-0.1, -0.05) is 0 Å². The van der Waals surface area contributed by atoms with Crippen LogP contribution >= 0.6 is 0 Å². The minimum atomic E-state index is -0.242. The lowest BCUT2D eigenvalue weighted by Gasteiger charge is -2.21. The molecule has 0 amide bonds. The van der Waals surface area contributed by atoms with E-state index in [9.17, 15) is 4.39 Å². The van der Waals surface area contributed by atoms with Gasteiger partial charge in [0.15, 0.2) is 5.65 Å². The molecule has 1 atom stereocenters. The zero-order valence-corrected chi connectivity index (χ0v) is 14.4. The van der Waals surface area contributed by atoms with Crippen LogP contribution in [0.4, 0.5) is 4.39 Å². The lowest BCUT2D eigenvalue weighted by atomic mass is 9.93. The fraction of sp³-hybridized carbons (Fsp3) is 0.250. The smallest absolute Gasteiger partial charge is 0.155 e. The Morgan fingerprint density at radius 3 is 2.88 bits per heavy atom. The number of fused-ring (bicyclic) bond motifs is 2. The summed E-state index contributed by atoms with van der Waals surface area (Å²) in [4.78, 5) is 4.36. The van der Waals surface area contributed by atoms with Gasteiger partial charge >= 0.3 is 0 Å². The number of halogens is 1. The van der Waals surface area contributed by atoms with Crippen molar-refractivity contribution in [3.05, 3.63) is 54.2 Å². The van der Waals surface area contributed by atoms with Crippen LogP contribution in [0.25, 0.3) is 33.4 Å². The molecule has 0 radical (unpaired) electrons. The summed E-state index contributed by atoms with van der Waals surface area (Å²) in [6, 6.07) is 8.94. The molecule has 0 bridgehead atoms. The molecule has 130 valence electrons. The molecule has 0 saturated heterocycles. The van der Waals surface area contributed by atoms with Crippen LogP contribution in [-0.2, 0) is 6.42 Å². The second kappa shape index (κ2) is 5.76. The highest BCUT2D eigenvalue weighted by atomic mass is 19.1. The Labute approximate surface area is 149 Å². The lowest BCUT2D eigenvalue weighted by molar-refractivity contribution is 0.394. The van der Waals surface area contributed by atoms with Gasteiger partial charge in [-0.15, -0.1) is 0 Å². The van der Waals surface area contributed by atoms with Gasteiger partial charge in [0.25, 0.3) is 0 Å². The maximum atomic E-state index is 13.4. The summed E-state index contributed by atoms with van der Waals surface area (Å²) in [5, 5.41) is 13.0. The number of hydrogen-bond acceptors (Lipinski definition) is 3. The Bertz CT molecular complexity index is 1090. The maximum absolute atomic E-state index is 13.4. The van der Waals surface area contributed by atoms with Crippen molar-refractivity contribution in [1.82, 2.24) is 25.0 Å². The Morgan fingerprint density at radius 2 is 2.04 bits per heavy atom. The largest absolute Gasteiger partial charge is 0.266 e. The number of H-pyrrole nitrogens is 1. The van der Waals surface area contributed by atoms with Gasteiger partial charge in [-0.05, 0) is 62.1 Å². The quantitative estimate of drug-likeness (QED) is 0.580. The first-order valence-corrected chi connectivity index (χ1v) is 8.88. The Morgan fingerprint density at radius 1 is 1.19 bits per heavy atom. The summed E-state index contributed by atoms with van der Waals surface area (Å²) >= 11 is 0. The number of pyridine rings is 1. The van der Waals surface area contributed by atoms with Crippen LogP contribution in [0.5, 0.6) is 0 Å². The van der Waals surface area contributed by atoms with Crippen LogP contribution in [0.2, 0.25) is 0 Å². The highest BCUT2D eigenvalue weighted by Gasteiger charge is 2.27. The molecule has 0 fully saturated rings. The fourth-order valence-corrected chi connectivity index (χ4v) is 3.92. The molecule has 0 aliphatic carbocycles. The van der Waals surface area contributed by atoms with Crippen molar-refractivity contribution in [2.75, 3.05) is 0 Å². The average molecular weight is 347 g/mol. The van der Waals surface area contributed by atoms with E-state index in [4.69, 9.17) is 5.10 Å². The molecular formula is C20H18FN5. The molecule has 4 heterocycles. The minimum absolute atomic E-state index is 0.242. The fourth-order valence-electron chi connectivity index (χ4n) is 3.92. The molecular weight excluding hydrogens is 329 g/mol. The van der Waals surface area contributed by atoms with E-state index in [0.717, 1.165) is 52.7 Å². The highest BCUT2D eigenvalue weighted by Crippen LogP contribution is 2.41. The van der Waals surface area contributed by atoms with E-state index >= 15 is 0 Å². The SMILES string of the molecule is C[C@H]1CCCc2c(-c3ccnc4[nH]ncc34)c(-c3ccc(F)cc3)nn21. The molecule has 1 N–H and O–H groups in total. The van der Waals surface area contributed by atoms with Crippen molar-refractivity contribution in [2.45, 2.75) is 32.2 Å². The van der Waals surface area contributed by atoms with Gasteiger partial charge in [0.05, 0.1) is 6.20 Å². The molecule has 5 nitrogen and oxygen atoms in total. The van der Waals surface area contributed by atoms with Crippen LogP contribution in [0.3, 0.4) is 0 Å². The number of hydrogen-bond donors (Lipinski definition) is 1. The first-order valence-electron chi connectivity index (χ1n) is 8.88. The predicted octanol–water partition coefficient (Wildman–Crippen LogP) is 4.52. The lowest BCUT2D eigenvalue weighted by Crippen LogP contribution is -2.16. The summed E-state index contributed by atoms with van der Waals surface area (Å²) < 4.78 is 15.6. The van der Waals surface area contributed by atoms with Crippen molar-refractivity contribution in [2.24, 2.45) is 0 Å². The van der Waals surface area contributed by atoms with Gasteiger partial charge in [0.1, 0.15) is 11.5 Å². The first-order chi connectivity index (χ1) is 12.7. The topological polar surface area (TPSA) is 59.4 Å². The van der Waals surface area contributed by atoms with Crippen molar-refractivity contribution in [3.8, 4) is 22.4 Å². The van der Waals surface area contributed by atoms with Gasteiger partial charge in [0.2, 0.25) is 0 Å². The van der Waals surface area contributed by atoms with Gasteiger partial charge in [-0.3, -0.25) is 9.78 Å². The average Bonchev–Trinajstić information content (AvgIpc) is 3.27. The van der Waals surface area contributed by atoms with Gasteiger partial charge in [-0.25, -0.2) is 9.37 Å². The van der Waals surface area contributed by atoms with Crippen molar-refractivity contribution in [1.29, 1.82) is 0 Å². The van der Waals surface area contributed by atoms with Gasteiger partial charge < -0.3 is 0 Å². The van der Waals surface area contributed by atoms with Crippen LogP contribution in [0.15, 0.2) is 42.7 Å². The predicted molar refractivity (Wildman–Crippen MR) is 98.2 cm³/mol. The normalized spacial score (nSPS) is 16.8. The standard InChI is InChI=1S/C20H18FN5/c1-12-3-2-4-17-18(15-9-10-22-20-16(15)11-23-24-20)19(25-26(12)17)13-5-7-14(21)8-6-13/h5-12H,2-4H2,1H3,(H,22,23,24)/t12-/m0/s1. The number of rotatable bonds is 2. The number of aromatic amines is 1. The third-order valence-corrected chi connectivity index (χ3v) is 5.20. The van der Waals surface area contributed by atoms with Crippen molar-refractivity contribution >= 4 is 11.0 Å². The van der Waals surface area contributed by atoms with Crippen molar-refractivity contribution in [3.63, 3.8) is 0 Å². The van der Waals surface area contributed by atoms with Crippen LogP contribution in [0.1, 0.15) is 31.5 Å². The summed E-state index contributed by atoms with van der Waals surface area (Å²) in [7, 11) is 0. The number of aromatic nitrogens is 5. The summed E-state index contributed by atoms with van der Waals surface area (Å²) in [5.41, 5.74) is 5.98. The van der Waals surface area contributed by atoms with Crippen LogP contribution in [-0.4, -0.2) is 25.0 Å². The molecule has 6 heteroatoms. The molecule has 0 saturated carbocycles. The molecule has 3 aromatic heterocycles. The third kappa shape index (κ3) is 2.25. The first kappa shape index (κ1) is 15.3. The molecule has 5 rings (SSSR count). The van der Waals surface area contributed by atoms with Gasteiger partial charge in [-0.2, -0.15) is 10.2 Å². The summed E-state index contributed by atoms with van der Waals surface area (Å²) in [6.45, 7) is 2.20. The van der Waals surface area contributed by atoms with Crippen molar-refractivity contribution < 1.29 is 4.39 Å². The molecule has 0 unspecified atom stereocenters. The van der Waals surface area contributed by atoms with Crippen LogP contribution in [0, 0.1) is 5.82 Å². The highest BCUT2D eigenvalue weighted by molar-refractivity contribution is 5.97. The molecule has 26 heavy (non-hydrogen) atoms. The van der Waals surface area contributed by atoms with E-state index in [1.807, 2.05) is 12.3 Å². The molecule has 1 aliphatic heterocycles. The number of nitrogens with one attached hydrogen (secondary N) is 1. The Kier molecular flexibility index (Phi) is 3.38.